The Kier molecular flexibility index (Phi) is 4.15. The lowest BCUT2D eigenvalue weighted by Crippen LogP contribution is -2.39. The van der Waals surface area contributed by atoms with Crippen molar-refractivity contribution in [2.75, 3.05) is 13.1 Å². The monoisotopic (exact) mass is 308 g/mol. The maximum atomic E-state index is 12.2. The molecule has 1 aromatic heterocycles. The van der Waals surface area contributed by atoms with Gasteiger partial charge in [0.25, 0.3) is 0 Å². The predicted molar refractivity (Wildman–Crippen MR) is 86.4 cm³/mol. The average Bonchev–Trinajstić information content (AvgIpc) is 3.01. The number of ketones is 1. The third-order valence-corrected chi connectivity index (χ3v) is 5.47. The summed E-state index contributed by atoms with van der Waals surface area (Å²) < 4.78 is 2.39. The summed E-state index contributed by atoms with van der Waals surface area (Å²) in [6.07, 6.45) is 5.09. The fourth-order valence-electron chi connectivity index (χ4n) is 4.24. The van der Waals surface area contributed by atoms with Gasteiger partial charge in [0.2, 0.25) is 0 Å². The summed E-state index contributed by atoms with van der Waals surface area (Å²) in [6, 6.07) is 3.31. The number of Topliss-reactive ketones (excluding diaryl/α,β-unsaturated/α-hetero) is 1. The minimum Gasteiger partial charge on any atom is -0.345 e. The molecular weight excluding hydrogens is 284 g/mol. The standard InChI is InChI=1S/C17H25ClN2O/c1-11-9-16(17(21)12(2)18)13(3)20(11)15-6-8-19-7-4-5-14(19)10-15/h9,12,14-15H,4-8,10H2,1-3H3. The van der Waals surface area contributed by atoms with Gasteiger partial charge in [0, 0.05) is 35.6 Å². The molecule has 2 aliphatic rings. The van der Waals surface area contributed by atoms with Crippen molar-refractivity contribution in [1.82, 2.24) is 9.47 Å². The fraction of sp³-hybridized carbons (Fsp3) is 0.706. The molecule has 2 aliphatic heterocycles. The summed E-state index contributed by atoms with van der Waals surface area (Å²) in [5.41, 5.74) is 3.11. The van der Waals surface area contributed by atoms with Crippen LogP contribution in [0.25, 0.3) is 0 Å². The molecule has 3 nitrogen and oxygen atoms in total. The van der Waals surface area contributed by atoms with Gasteiger partial charge in [-0.05, 0) is 59.1 Å². The maximum Gasteiger partial charge on any atom is 0.182 e. The number of nitrogens with zero attached hydrogens (tertiary/aromatic N) is 2. The van der Waals surface area contributed by atoms with Crippen LogP contribution >= 0.6 is 11.6 Å². The molecule has 2 saturated heterocycles. The smallest absolute Gasteiger partial charge is 0.182 e. The van der Waals surface area contributed by atoms with Crippen LogP contribution in [-0.4, -0.2) is 39.8 Å². The molecule has 0 radical (unpaired) electrons. The molecule has 0 saturated carbocycles. The summed E-state index contributed by atoms with van der Waals surface area (Å²) >= 11 is 5.99. The maximum absolute atomic E-state index is 12.2. The van der Waals surface area contributed by atoms with Gasteiger partial charge >= 0.3 is 0 Å². The average molecular weight is 309 g/mol. The molecule has 3 rings (SSSR count). The molecule has 0 bridgehead atoms. The number of aromatic nitrogens is 1. The highest BCUT2D eigenvalue weighted by molar-refractivity contribution is 6.33. The van der Waals surface area contributed by atoms with E-state index in [1.807, 2.05) is 6.07 Å². The van der Waals surface area contributed by atoms with Crippen molar-refractivity contribution >= 4 is 17.4 Å². The third kappa shape index (κ3) is 2.66. The molecule has 0 aromatic carbocycles. The van der Waals surface area contributed by atoms with Crippen LogP contribution in [0.2, 0.25) is 0 Å². The van der Waals surface area contributed by atoms with Crippen molar-refractivity contribution in [2.24, 2.45) is 0 Å². The van der Waals surface area contributed by atoms with Crippen LogP contribution in [0.4, 0.5) is 0 Å². The molecule has 0 aliphatic carbocycles. The lowest BCUT2D eigenvalue weighted by atomic mass is 9.97. The molecular formula is C17H25ClN2O. The number of carbonyl (C=O) groups is 1. The second kappa shape index (κ2) is 5.77. The van der Waals surface area contributed by atoms with Crippen LogP contribution in [0.15, 0.2) is 6.07 Å². The second-order valence-corrected chi connectivity index (χ2v) is 7.30. The van der Waals surface area contributed by atoms with Gasteiger partial charge < -0.3 is 9.47 Å². The first kappa shape index (κ1) is 15.1. The molecule has 21 heavy (non-hydrogen) atoms. The Balaban J connectivity index is 1.87. The van der Waals surface area contributed by atoms with E-state index in [2.05, 4.69) is 23.3 Å². The van der Waals surface area contributed by atoms with Crippen LogP contribution in [-0.2, 0) is 0 Å². The van der Waals surface area contributed by atoms with E-state index in [4.69, 9.17) is 11.6 Å². The molecule has 1 aromatic rings. The van der Waals surface area contributed by atoms with Gasteiger partial charge in [-0.15, -0.1) is 11.6 Å². The lowest BCUT2D eigenvalue weighted by Gasteiger charge is -2.36. The summed E-state index contributed by atoms with van der Waals surface area (Å²) in [7, 11) is 0. The highest BCUT2D eigenvalue weighted by atomic mass is 35.5. The summed E-state index contributed by atoms with van der Waals surface area (Å²) in [5.74, 6) is 0.0503. The van der Waals surface area contributed by atoms with Crippen molar-refractivity contribution in [1.29, 1.82) is 0 Å². The van der Waals surface area contributed by atoms with E-state index in [1.54, 1.807) is 6.92 Å². The van der Waals surface area contributed by atoms with Crippen molar-refractivity contribution in [3.63, 3.8) is 0 Å². The number of alkyl halides is 1. The predicted octanol–water partition coefficient (Wildman–Crippen LogP) is 3.71. The first-order valence-electron chi connectivity index (χ1n) is 8.09. The van der Waals surface area contributed by atoms with Crippen molar-refractivity contribution in [3.05, 3.63) is 23.0 Å². The second-order valence-electron chi connectivity index (χ2n) is 6.65. The van der Waals surface area contributed by atoms with E-state index in [-0.39, 0.29) is 5.78 Å². The number of hydrogen-bond donors (Lipinski definition) is 0. The quantitative estimate of drug-likeness (QED) is 0.628. The number of carbonyl (C=O) groups excluding carboxylic acids is 1. The number of halogens is 1. The minimum absolute atomic E-state index is 0.0503. The van der Waals surface area contributed by atoms with Gasteiger partial charge in [0.15, 0.2) is 5.78 Å². The molecule has 3 heterocycles. The normalized spacial score (nSPS) is 27.6. The van der Waals surface area contributed by atoms with Crippen molar-refractivity contribution in [2.45, 2.75) is 63.9 Å². The number of piperidine rings is 1. The zero-order valence-electron chi connectivity index (χ0n) is 13.2. The Morgan fingerprint density at radius 2 is 2.05 bits per heavy atom. The van der Waals surface area contributed by atoms with Gasteiger partial charge in [-0.2, -0.15) is 0 Å². The van der Waals surface area contributed by atoms with Gasteiger partial charge in [-0.25, -0.2) is 0 Å². The largest absolute Gasteiger partial charge is 0.345 e. The van der Waals surface area contributed by atoms with Crippen molar-refractivity contribution in [3.8, 4) is 0 Å². The lowest BCUT2D eigenvalue weighted by molar-refractivity contribution is 0.0990. The van der Waals surface area contributed by atoms with Gasteiger partial charge in [0.05, 0.1) is 5.38 Å². The van der Waals surface area contributed by atoms with E-state index in [0.29, 0.717) is 6.04 Å². The van der Waals surface area contributed by atoms with E-state index in [9.17, 15) is 4.79 Å². The summed E-state index contributed by atoms with van der Waals surface area (Å²) in [4.78, 5) is 14.9. The number of hydrogen-bond acceptors (Lipinski definition) is 2. The third-order valence-electron chi connectivity index (χ3n) is 5.27. The highest BCUT2D eigenvalue weighted by Gasteiger charge is 2.33. The Morgan fingerprint density at radius 3 is 2.76 bits per heavy atom. The van der Waals surface area contributed by atoms with Gasteiger partial charge in [-0.3, -0.25) is 4.79 Å². The molecule has 0 N–H and O–H groups in total. The molecule has 0 spiro atoms. The van der Waals surface area contributed by atoms with Crippen LogP contribution in [0, 0.1) is 13.8 Å². The van der Waals surface area contributed by atoms with Crippen LogP contribution in [0.1, 0.15) is 60.4 Å². The summed E-state index contributed by atoms with van der Waals surface area (Å²) in [6.45, 7) is 8.41. The Bertz CT molecular complexity index is 549. The first-order chi connectivity index (χ1) is 9.99. The van der Waals surface area contributed by atoms with Gasteiger partial charge in [-0.1, -0.05) is 0 Å². The zero-order valence-corrected chi connectivity index (χ0v) is 14.0. The van der Waals surface area contributed by atoms with E-state index in [0.717, 1.165) is 17.3 Å². The van der Waals surface area contributed by atoms with Crippen LogP contribution < -0.4 is 0 Å². The number of rotatable bonds is 3. The molecule has 0 amide bonds. The highest BCUT2D eigenvalue weighted by Crippen LogP contribution is 2.35. The summed E-state index contributed by atoms with van der Waals surface area (Å²) in [5, 5.41) is -0.448. The molecule has 116 valence electrons. The molecule has 3 atom stereocenters. The topological polar surface area (TPSA) is 25.2 Å². The zero-order chi connectivity index (χ0) is 15.1. The molecule has 3 unspecified atom stereocenters. The Morgan fingerprint density at radius 1 is 1.29 bits per heavy atom. The Labute approximate surface area is 132 Å². The minimum atomic E-state index is -0.448. The SMILES string of the molecule is Cc1cc(C(=O)C(C)Cl)c(C)n1C1CCN2CCCC2C1. The first-order valence-corrected chi connectivity index (χ1v) is 8.53. The fourth-order valence-corrected chi connectivity index (χ4v) is 4.36. The number of fused-ring (bicyclic) bond motifs is 1. The van der Waals surface area contributed by atoms with E-state index >= 15 is 0 Å². The van der Waals surface area contributed by atoms with Crippen LogP contribution in [0.3, 0.4) is 0 Å². The van der Waals surface area contributed by atoms with Crippen LogP contribution in [0.5, 0.6) is 0 Å². The van der Waals surface area contributed by atoms with Gasteiger partial charge in [0.1, 0.15) is 0 Å². The van der Waals surface area contributed by atoms with Crippen molar-refractivity contribution < 1.29 is 4.79 Å². The van der Waals surface area contributed by atoms with E-state index in [1.165, 1.54) is 44.5 Å². The molecule has 4 heteroatoms. The van der Waals surface area contributed by atoms with E-state index < -0.39 is 5.38 Å². The Hall–Kier alpha value is -0.800. The number of aryl methyl sites for hydroxylation is 1. The molecule has 2 fully saturated rings.